The number of carbonyl (C=O) groups is 2. The van der Waals surface area contributed by atoms with Crippen molar-refractivity contribution in [3.05, 3.63) is 76.8 Å². The van der Waals surface area contributed by atoms with Gasteiger partial charge in [-0.2, -0.15) is 0 Å². The third-order valence-electron chi connectivity index (χ3n) is 5.05. The molecule has 0 amide bonds. The summed E-state index contributed by atoms with van der Waals surface area (Å²) in [6, 6.07) is 18.2. The van der Waals surface area contributed by atoms with Crippen LogP contribution in [0.4, 0.5) is 0 Å². The number of carbonyl (C=O) groups excluding carboxylic acids is 1. The highest BCUT2D eigenvalue weighted by atomic mass is 16.4. The van der Waals surface area contributed by atoms with Crippen LogP contribution < -0.4 is 15.6 Å². The predicted molar refractivity (Wildman–Crippen MR) is 119 cm³/mol. The molecule has 3 aromatic rings. The van der Waals surface area contributed by atoms with E-state index in [0.29, 0.717) is 5.39 Å². The fourth-order valence-corrected chi connectivity index (χ4v) is 3.46. The molecule has 0 saturated heterocycles. The predicted octanol–water partition coefficient (Wildman–Crippen LogP) is 0.145. The van der Waals surface area contributed by atoms with Crippen molar-refractivity contribution in [2.75, 3.05) is 19.6 Å². The highest BCUT2D eigenvalue weighted by molar-refractivity contribution is 6.26. The zero-order valence-electron chi connectivity index (χ0n) is 18.2. The van der Waals surface area contributed by atoms with Crippen molar-refractivity contribution in [1.82, 2.24) is 9.55 Å². The number of carboxylic acids is 2. The summed E-state index contributed by atoms with van der Waals surface area (Å²) >= 11 is 0. The van der Waals surface area contributed by atoms with Crippen LogP contribution in [0.25, 0.3) is 10.9 Å². The van der Waals surface area contributed by atoms with Gasteiger partial charge in [0, 0.05) is 19.4 Å². The molecule has 8 nitrogen and oxygen atoms in total. The van der Waals surface area contributed by atoms with Crippen LogP contribution in [0.1, 0.15) is 25.3 Å². The summed E-state index contributed by atoms with van der Waals surface area (Å²) in [6.07, 6.45) is 4.97. The van der Waals surface area contributed by atoms with Gasteiger partial charge < -0.3 is 19.9 Å². The zero-order chi connectivity index (χ0) is 23.3. The van der Waals surface area contributed by atoms with Gasteiger partial charge in [-0.1, -0.05) is 49.4 Å². The SMILES string of the molecule is CCC[NH+](CCCn1cnc2ccccc2c1=O)CCc1ccccc1.O=C([O-])C(=O)O. The molecule has 0 aliphatic heterocycles. The first-order valence-electron chi connectivity index (χ1n) is 10.7. The lowest BCUT2D eigenvalue weighted by atomic mass is 10.1. The largest absolute Gasteiger partial charge is 0.539 e. The maximum atomic E-state index is 12.6. The second-order valence-electron chi connectivity index (χ2n) is 7.44. The number of nitrogens with zero attached hydrogens (tertiary/aromatic N) is 2. The summed E-state index contributed by atoms with van der Waals surface area (Å²) in [5, 5.41) is 17.0. The number of rotatable bonds is 9. The molecular weight excluding hydrogens is 410 g/mol. The quantitative estimate of drug-likeness (QED) is 0.458. The van der Waals surface area contributed by atoms with E-state index in [1.54, 1.807) is 15.8 Å². The van der Waals surface area contributed by atoms with Gasteiger partial charge in [-0.15, -0.1) is 0 Å². The van der Waals surface area contributed by atoms with E-state index < -0.39 is 11.9 Å². The second-order valence-corrected chi connectivity index (χ2v) is 7.44. The Morgan fingerprint density at radius 2 is 1.69 bits per heavy atom. The number of nitrogens with one attached hydrogen (secondary N) is 1. The van der Waals surface area contributed by atoms with Gasteiger partial charge >= 0.3 is 5.97 Å². The summed E-state index contributed by atoms with van der Waals surface area (Å²) in [5.74, 6) is -4.01. The van der Waals surface area contributed by atoms with Crippen LogP contribution in [0.2, 0.25) is 0 Å². The van der Waals surface area contributed by atoms with Gasteiger partial charge in [-0.25, -0.2) is 9.78 Å². The van der Waals surface area contributed by atoms with Crippen LogP contribution in [0.15, 0.2) is 65.7 Å². The number of aryl methyl sites for hydroxylation is 1. The van der Waals surface area contributed by atoms with Crippen molar-refractivity contribution in [2.45, 2.75) is 32.7 Å². The fraction of sp³-hybridized carbons (Fsp3) is 0.333. The normalized spacial score (nSPS) is 11.4. The number of aromatic nitrogens is 2. The first-order chi connectivity index (χ1) is 15.4. The first-order valence-corrected chi connectivity index (χ1v) is 10.7. The summed E-state index contributed by atoms with van der Waals surface area (Å²) in [5.41, 5.74) is 2.24. The van der Waals surface area contributed by atoms with Crippen molar-refractivity contribution < 1.29 is 24.7 Å². The molecule has 2 aromatic carbocycles. The molecule has 0 fully saturated rings. The first kappa shape index (κ1) is 24.7. The Bertz CT molecular complexity index is 1050. The fourth-order valence-electron chi connectivity index (χ4n) is 3.46. The van der Waals surface area contributed by atoms with Crippen LogP contribution in [-0.4, -0.2) is 46.2 Å². The second kappa shape index (κ2) is 13.0. The minimum Gasteiger partial charge on any atom is -0.539 e. The number of benzene rings is 2. The standard InChI is InChI=1S/C22H27N3O.C2H2O4/c1-2-14-24(17-13-19-9-4-3-5-10-19)15-8-16-25-18-23-21-12-7-6-11-20(21)22(25)26;3-1(4)2(5)6/h3-7,9-12,18H,2,8,13-17H2,1H3;(H,3,4)(H,5,6). The molecule has 0 radical (unpaired) electrons. The van der Waals surface area contributed by atoms with Gasteiger partial charge in [0.15, 0.2) is 5.97 Å². The summed E-state index contributed by atoms with van der Waals surface area (Å²) in [6.45, 7) is 6.37. The van der Waals surface area contributed by atoms with Gasteiger partial charge in [0.05, 0.1) is 36.9 Å². The molecule has 1 aromatic heterocycles. The van der Waals surface area contributed by atoms with E-state index in [-0.39, 0.29) is 5.56 Å². The number of quaternary nitrogens is 1. The molecule has 0 spiro atoms. The number of carboxylic acid groups (broad SMARTS) is 2. The monoisotopic (exact) mass is 439 g/mol. The lowest BCUT2D eigenvalue weighted by Gasteiger charge is -2.19. The third-order valence-corrected chi connectivity index (χ3v) is 5.05. The molecule has 1 heterocycles. The maximum Gasteiger partial charge on any atom is 0.351 e. The molecule has 0 aliphatic rings. The highest BCUT2D eigenvalue weighted by Gasteiger charge is 2.09. The topological polar surface area (TPSA) is 117 Å². The van der Waals surface area contributed by atoms with E-state index in [9.17, 15) is 4.79 Å². The van der Waals surface area contributed by atoms with Crippen LogP contribution in [0, 0.1) is 0 Å². The van der Waals surface area contributed by atoms with Gasteiger partial charge in [0.2, 0.25) is 0 Å². The van der Waals surface area contributed by atoms with Crippen LogP contribution in [0.5, 0.6) is 0 Å². The summed E-state index contributed by atoms with van der Waals surface area (Å²) < 4.78 is 1.75. The van der Waals surface area contributed by atoms with E-state index in [2.05, 4.69) is 42.2 Å². The lowest BCUT2D eigenvalue weighted by Crippen LogP contribution is -3.12. The zero-order valence-corrected chi connectivity index (χ0v) is 18.2. The van der Waals surface area contributed by atoms with Crippen LogP contribution in [-0.2, 0) is 22.6 Å². The third kappa shape index (κ3) is 7.96. The van der Waals surface area contributed by atoms with Crippen molar-refractivity contribution in [1.29, 1.82) is 0 Å². The van der Waals surface area contributed by atoms with Crippen molar-refractivity contribution in [3.63, 3.8) is 0 Å². The van der Waals surface area contributed by atoms with Crippen LogP contribution in [0.3, 0.4) is 0 Å². The average molecular weight is 440 g/mol. The Morgan fingerprint density at radius 3 is 2.34 bits per heavy atom. The number of aliphatic carboxylic acids is 2. The molecule has 2 N–H and O–H groups in total. The Kier molecular flexibility index (Phi) is 10.1. The number of para-hydroxylation sites is 1. The summed E-state index contributed by atoms with van der Waals surface area (Å²) in [4.78, 5) is 36.6. The number of hydrogen-bond acceptors (Lipinski definition) is 5. The van der Waals surface area contributed by atoms with Crippen molar-refractivity contribution in [2.24, 2.45) is 0 Å². The van der Waals surface area contributed by atoms with E-state index in [0.717, 1.165) is 38.0 Å². The molecule has 1 atom stereocenters. The number of hydrogen-bond donors (Lipinski definition) is 2. The molecule has 3 rings (SSSR count). The molecule has 8 heteroatoms. The highest BCUT2D eigenvalue weighted by Crippen LogP contribution is 2.04. The Hall–Kier alpha value is -3.52. The van der Waals surface area contributed by atoms with E-state index >= 15 is 0 Å². The average Bonchev–Trinajstić information content (AvgIpc) is 2.80. The molecule has 0 bridgehead atoms. The van der Waals surface area contributed by atoms with Gasteiger partial charge in [0.1, 0.15) is 0 Å². The Morgan fingerprint density at radius 1 is 1.03 bits per heavy atom. The molecule has 0 aliphatic carbocycles. The number of fused-ring (bicyclic) bond motifs is 1. The molecule has 32 heavy (non-hydrogen) atoms. The summed E-state index contributed by atoms with van der Waals surface area (Å²) in [7, 11) is 0. The minimum absolute atomic E-state index is 0.0666. The van der Waals surface area contributed by atoms with Crippen molar-refractivity contribution in [3.8, 4) is 0 Å². The van der Waals surface area contributed by atoms with Gasteiger partial charge in [-0.05, 0) is 24.1 Å². The van der Waals surface area contributed by atoms with E-state index in [4.69, 9.17) is 19.8 Å². The van der Waals surface area contributed by atoms with Gasteiger partial charge in [0.25, 0.3) is 5.56 Å². The van der Waals surface area contributed by atoms with Crippen LogP contribution >= 0.6 is 0 Å². The Labute approximate surface area is 186 Å². The smallest absolute Gasteiger partial charge is 0.351 e. The molecular formula is C24H29N3O5. The van der Waals surface area contributed by atoms with Crippen molar-refractivity contribution >= 4 is 22.8 Å². The minimum atomic E-state index is -2.07. The van der Waals surface area contributed by atoms with E-state index in [1.165, 1.54) is 18.5 Å². The lowest BCUT2D eigenvalue weighted by molar-refractivity contribution is -0.900. The van der Waals surface area contributed by atoms with Gasteiger partial charge in [-0.3, -0.25) is 9.36 Å². The van der Waals surface area contributed by atoms with E-state index in [1.807, 2.05) is 24.3 Å². The molecule has 0 saturated carbocycles. The molecule has 170 valence electrons. The molecule has 1 unspecified atom stereocenters. The maximum absolute atomic E-state index is 12.6. The Balaban J connectivity index is 0.000000534.